The zero-order valence-corrected chi connectivity index (χ0v) is 10.1. The lowest BCUT2D eigenvalue weighted by Crippen LogP contribution is -2.51. The van der Waals surface area contributed by atoms with Crippen molar-refractivity contribution in [1.82, 2.24) is 4.90 Å². The van der Waals surface area contributed by atoms with Crippen LogP contribution in [0.1, 0.15) is 13.3 Å². The van der Waals surface area contributed by atoms with Gasteiger partial charge in [0.1, 0.15) is 0 Å². The minimum Gasteiger partial charge on any atom is -0.382 e. The third kappa shape index (κ3) is 4.08. The van der Waals surface area contributed by atoms with Crippen molar-refractivity contribution in [2.24, 2.45) is 11.7 Å². The molecule has 0 aromatic rings. The fourth-order valence-electron chi connectivity index (χ4n) is 1.73. The highest BCUT2D eigenvalue weighted by Gasteiger charge is 2.28. The van der Waals surface area contributed by atoms with E-state index in [9.17, 15) is 4.79 Å². The lowest BCUT2D eigenvalue weighted by molar-refractivity contribution is -0.136. The summed E-state index contributed by atoms with van der Waals surface area (Å²) in [7, 11) is 1.64. The van der Waals surface area contributed by atoms with Gasteiger partial charge in [0.15, 0.2) is 0 Å². The van der Waals surface area contributed by atoms with Crippen molar-refractivity contribution in [3.8, 4) is 0 Å². The maximum atomic E-state index is 11.7. The molecule has 0 aromatic carbocycles. The predicted octanol–water partition coefficient (Wildman–Crippen LogP) is -0.155. The summed E-state index contributed by atoms with van der Waals surface area (Å²) in [6, 6.07) is 0.0941. The van der Waals surface area contributed by atoms with Crippen molar-refractivity contribution in [3.63, 3.8) is 0 Å². The molecule has 1 aliphatic rings. The largest absolute Gasteiger partial charge is 0.382 e. The van der Waals surface area contributed by atoms with Crippen LogP contribution < -0.4 is 5.73 Å². The molecule has 0 aliphatic carbocycles. The van der Waals surface area contributed by atoms with E-state index in [2.05, 4.69) is 0 Å². The molecule has 5 heteroatoms. The first-order valence-corrected chi connectivity index (χ1v) is 5.75. The van der Waals surface area contributed by atoms with Crippen LogP contribution in [0, 0.1) is 5.92 Å². The average Bonchev–Trinajstić information content (AvgIpc) is 2.25. The van der Waals surface area contributed by atoms with Crippen LogP contribution in [0.5, 0.6) is 0 Å². The highest BCUT2D eigenvalue weighted by Crippen LogP contribution is 2.16. The fraction of sp³-hybridized carbons (Fsp3) is 0.909. The Morgan fingerprint density at radius 1 is 1.44 bits per heavy atom. The van der Waals surface area contributed by atoms with Gasteiger partial charge in [-0.25, -0.2) is 0 Å². The molecule has 94 valence electrons. The second kappa shape index (κ2) is 6.83. The lowest BCUT2D eigenvalue weighted by Gasteiger charge is -2.34. The van der Waals surface area contributed by atoms with Gasteiger partial charge in [0, 0.05) is 32.7 Å². The predicted molar refractivity (Wildman–Crippen MR) is 61.0 cm³/mol. The van der Waals surface area contributed by atoms with Gasteiger partial charge in [0.2, 0.25) is 5.91 Å². The van der Waals surface area contributed by atoms with Gasteiger partial charge < -0.3 is 20.1 Å². The number of ether oxygens (including phenoxy) is 2. The van der Waals surface area contributed by atoms with Crippen LogP contribution in [0.4, 0.5) is 0 Å². The third-order valence-electron chi connectivity index (χ3n) is 2.95. The van der Waals surface area contributed by atoms with Crippen LogP contribution in [-0.4, -0.2) is 56.9 Å². The van der Waals surface area contributed by atoms with Crippen molar-refractivity contribution >= 4 is 5.91 Å². The summed E-state index contributed by atoms with van der Waals surface area (Å²) >= 11 is 0. The normalized spacial score (nSPS) is 26.2. The molecule has 16 heavy (non-hydrogen) atoms. The summed E-state index contributed by atoms with van der Waals surface area (Å²) in [5, 5.41) is 0. The third-order valence-corrected chi connectivity index (χ3v) is 2.95. The maximum absolute atomic E-state index is 11.7. The molecule has 1 fully saturated rings. The molecular formula is C11H22N2O3. The van der Waals surface area contributed by atoms with Gasteiger partial charge in [-0.05, 0) is 5.92 Å². The minimum atomic E-state index is 0.0941. The molecule has 1 aliphatic heterocycles. The van der Waals surface area contributed by atoms with Crippen molar-refractivity contribution in [2.45, 2.75) is 19.4 Å². The van der Waals surface area contributed by atoms with Crippen LogP contribution in [0.3, 0.4) is 0 Å². The SMILES string of the molecule is COCCOCCN1CC(N)C(C)CC1=O. The van der Waals surface area contributed by atoms with Gasteiger partial charge in [0.25, 0.3) is 0 Å². The van der Waals surface area contributed by atoms with E-state index in [1.165, 1.54) is 0 Å². The molecule has 2 unspecified atom stereocenters. The molecule has 2 N–H and O–H groups in total. The Balaban J connectivity index is 2.18. The van der Waals surface area contributed by atoms with E-state index in [0.717, 1.165) is 0 Å². The molecule has 1 heterocycles. The number of carbonyl (C=O) groups is 1. The smallest absolute Gasteiger partial charge is 0.223 e. The Hall–Kier alpha value is -0.650. The van der Waals surface area contributed by atoms with Crippen molar-refractivity contribution in [2.75, 3.05) is 40.0 Å². The molecule has 0 bridgehead atoms. The van der Waals surface area contributed by atoms with Crippen LogP contribution in [0.15, 0.2) is 0 Å². The Labute approximate surface area is 96.9 Å². The van der Waals surface area contributed by atoms with E-state index < -0.39 is 0 Å². The zero-order chi connectivity index (χ0) is 12.0. The first-order valence-electron chi connectivity index (χ1n) is 5.75. The molecule has 0 radical (unpaired) electrons. The number of carbonyl (C=O) groups excluding carboxylic acids is 1. The lowest BCUT2D eigenvalue weighted by atomic mass is 9.94. The topological polar surface area (TPSA) is 64.8 Å². The first-order chi connectivity index (χ1) is 7.65. The Kier molecular flexibility index (Phi) is 5.73. The summed E-state index contributed by atoms with van der Waals surface area (Å²) in [4.78, 5) is 13.4. The number of nitrogens with two attached hydrogens (primary N) is 1. The van der Waals surface area contributed by atoms with Crippen LogP contribution in [0.2, 0.25) is 0 Å². The molecular weight excluding hydrogens is 208 g/mol. The number of likely N-dealkylation sites (tertiary alicyclic amines) is 1. The first kappa shape index (κ1) is 13.4. The van der Waals surface area contributed by atoms with Crippen molar-refractivity contribution < 1.29 is 14.3 Å². The number of methoxy groups -OCH3 is 1. The van der Waals surface area contributed by atoms with E-state index in [-0.39, 0.29) is 17.9 Å². The molecule has 5 nitrogen and oxygen atoms in total. The summed E-state index contributed by atoms with van der Waals surface area (Å²) in [5.74, 6) is 0.475. The van der Waals surface area contributed by atoms with Crippen LogP contribution in [-0.2, 0) is 14.3 Å². The highest BCUT2D eigenvalue weighted by atomic mass is 16.5. The second-order valence-electron chi connectivity index (χ2n) is 4.29. The second-order valence-corrected chi connectivity index (χ2v) is 4.29. The molecule has 0 aromatic heterocycles. The number of nitrogens with zero attached hydrogens (tertiary/aromatic N) is 1. The standard InChI is InChI=1S/C11H22N2O3/c1-9-7-11(14)13(8-10(9)12)3-4-16-6-5-15-2/h9-10H,3-8,12H2,1-2H3. The van der Waals surface area contributed by atoms with Crippen molar-refractivity contribution in [3.05, 3.63) is 0 Å². The maximum Gasteiger partial charge on any atom is 0.223 e. The minimum absolute atomic E-state index is 0.0941. The fourth-order valence-corrected chi connectivity index (χ4v) is 1.73. The molecule has 0 spiro atoms. The number of rotatable bonds is 6. The number of amides is 1. The van der Waals surface area contributed by atoms with E-state index in [1.807, 2.05) is 6.92 Å². The van der Waals surface area contributed by atoms with Crippen LogP contribution in [0.25, 0.3) is 0 Å². The molecule has 2 atom stereocenters. The van der Waals surface area contributed by atoms with Gasteiger partial charge >= 0.3 is 0 Å². The quantitative estimate of drug-likeness (QED) is 0.644. The van der Waals surface area contributed by atoms with Gasteiger partial charge in [-0.1, -0.05) is 6.92 Å². The van der Waals surface area contributed by atoms with Gasteiger partial charge in [-0.3, -0.25) is 4.79 Å². The van der Waals surface area contributed by atoms with E-state index in [4.69, 9.17) is 15.2 Å². The summed E-state index contributed by atoms with van der Waals surface area (Å²) < 4.78 is 10.2. The molecule has 0 saturated carbocycles. The van der Waals surface area contributed by atoms with Crippen molar-refractivity contribution in [1.29, 1.82) is 0 Å². The van der Waals surface area contributed by atoms with Gasteiger partial charge in [-0.15, -0.1) is 0 Å². The monoisotopic (exact) mass is 230 g/mol. The summed E-state index contributed by atoms with van der Waals surface area (Å²) in [6.45, 7) is 5.01. The number of hydrogen-bond donors (Lipinski definition) is 1. The van der Waals surface area contributed by atoms with E-state index in [1.54, 1.807) is 12.0 Å². The number of hydrogen-bond acceptors (Lipinski definition) is 4. The summed E-state index contributed by atoms with van der Waals surface area (Å²) in [6.07, 6.45) is 0.555. The number of piperidine rings is 1. The highest BCUT2D eigenvalue weighted by molar-refractivity contribution is 5.77. The van der Waals surface area contributed by atoms with Gasteiger partial charge in [-0.2, -0.15) is 0 Å². The van der Waals surface area contributed by atoms with E-state index >= 15 is 0 Å². The van der Waals surface area contributed by atoms with Crippen LogP contribution >= 0.6 is 0 Å². The Morgan fingerprint density at radius 2 is 2.19 bits per heavy atom. The van der Waals surface area contributed by atoms with E-state index in [0.29, 0.717) is 39.3 Å². The molecule has 1 amide bonds. The molecule has 1 rings (SSSR count). The summed E-state index contributed by atoms with van der Waals surface area (Å²) in [5.41, 5.74) is 5.93. The average molecular weight is 230 g/mol. The Morgan fingerprint density at radius 3 is 2.88 bits per heavy atom. The Bertz CT molecular complexity index is 223. The van der Waals surface area contributed by atoms with Gasteiger partial charge in [0.05, 0.1) is 19.8 Å². The zero-order valence-electron chi connectivity index (χ0n) is 10.1. The molecule has 1 saturated heterocycles.